The molecule has 0 aliphatic carbocycles. The number of rotatable bonds is 8. The van der Waals surface area contributed by atoms with Crippen molar-refractivity contribution in [3.8, 4) is 0 Å². The molecule has 0 amide bonds. The van der Waals surface area contributed by atoms with Crippen LogP contribution in [0.2, 0.25) is 5.02 Å². The summed E-state index contributed by atoms with van der Waals surface area (Å²) in [7, 11) is 0. The van der Waals surface area contributed by atoms with Crippen LogP contribution in [0.25, 0.3) is 0 Å². The van der Waals surface area contributed by atoms with E-state index in [0.717, 1.165) is 57.7 Å². The molecule has 0 bridgehead atoms. The number of aromatic nitrogens is 1. The molecule has 5 heteroatoms. The third-order valence-corrected chi connectivity index (χ3v) is 4.97. The molecule has 25 heavy (non-hydrogen) atoms. The van der Waals surface area contributed by atoms with E-state index in [4.69, 9.17) is 17.3 Å². The van der Waals surface area contributed by atoms with Gasteiger partial charge < -0.3 is 11.1 Å². The fourth-order valence-electron chi connectivity index (χ4n) is 3.41. The van der Waals surface area contributed by atoms with Gasteiger partial charge in [-0.05, 0) is 55.6 Å². The molecule has 2 aromatic rings. The molecule has 4 nitrogen and oxygen atoms in total. The first-order chi connectivity index (χ1) is 12.2. The lowest BCUT2D eigenvalue weighted by Gasteiger charge is -2.31. The lowest BCUT2D eigenvalue weighted by Crippen LogP contribution is -2.44. The Bertz CT molecular complexity index is 659. The maximum absolute atomic E-state index is 5.95. The number of unbranched alkanes of at least 4 members (excludes halogenated alkanes) is 1. The summed E-state index contributed by atoms with van der Waals surface area (Å²) in [6.45, 7) is 4.62. The Morgan fingerprint density at radius 1 is 1.16 bits per heavy atom. The Labute approximate surface area is 155 Å². The van der Waals surface area contributed by atoms with E-state index in [0.29, 0.717) is 11.1 Å². The predicted molar refractivity (Wildman–Crippen MR) is 104 cm³/mol. The fourth-order valence-corrected chi connectivity index (χ4v) is 3.52. The first-order valence-electron chi connectivity index (χ1n) is 9.07. The number of nitrogens with one attached hydrogen (secondary N) is 1. The molecule has 0 radical (unpaired) electrons. The van der Waals surface area contributed by atoms with E-state index < -0.39 is 0 Å². The van der Waals surface area contributed by atoms with Gasteiger partial charge in [0.2, 0.25) is 0 Å². The van der Waals surface area contributed by atoms with Gasteiger partial charge in [0, 0.05) is 31.9 Å². The molecule has 3 rings (SSSR count). The number of halogens is 1. The predicted octanol–water partition coefficient (Wildman–Crippen LogP) is 2.99. The largest absolute Gasteiger partial charge is 0.330 e. The second-order valence-corrected chi connectivity index (χ2v) is 7.19. The summed E-state index contributed by atoms with van der Waals surface area (Å²) in [5.74, 6) is 0. The summed E-state index contributed by atoms with van der Waals surface area (Å²) >= 11 is 5.95. The average molecular weight is 359 g/mol. The van der Waals surface area contributed by atoms with Crippen molar-refractivity contribution in [2.45, 2.75) is 38.4 Å². The van der Waals surface area contributed by atoms with Crippen LogP contribution in [0.15, 0.2) is 42.6 Å². The van der Waals surface area contributed by atoms with Gasteiger partial charge in [-0.25, -0.2) is 0 Å². The standard InChI is InChI=1S/C20H27ClN4/c21-18-7-8-19(24-13-18)14-25(10-4-3-9-22)15-20-11-16-5-1-2-6-17(16)12-23-20/h1-2,5-8,13,20,23H,3-4,9-12,14-15,22H2. The maximum Gasteiger partial charge on any atom is 0.0589 e. The molecule has 0 saturated heterocycles. The Morgan fingerprint density at radius 2 is 2.00 bits per heavy atom. The number of benzene rings is 1. The minimum absolute atomic E-state index is 0.472. The third kappa shape index (κ3) is 5.51. The Morgan fingerprint density at radius 3 is 2.76 bits per heavy atom. The second kappa shape index (κ2) is 9.30. The molecule has 0 fully saturated rings. The van der Waals surface area contributed by atoms with Crippen LogP contribution in [0.4, 0.5) is 0 Å². The van der Waals surface area contributed by atoms with Crippen molar-refractivity contribution in [2.24, 2.45) is 5.73 Å². The molecular formula is C20H27ClN4. The molecule has 2 heterocycles. The first kappa shape index (κ1) is 18.3. The van der Waals surface area contributed by atoms with E-state index >= 15 is 0 Å². The molecule has 1 atom stereocenters. The van der Waals surface area contributed by atoms with Gasteiger partial charge >= 0.3 is 0 Å². The highest BCUT2D eigenvalue weighted by molar-refractivity contribution is 6.30. The highest BCUT2D eigenvalue weighted by Crippen LogP contribution is 2.18. The quantitative estimate of drug-likeness (QED) is 0.712. The Hall–Kier alpha value is -1.46. The SMILES string of the molecule is NCCCCN(Cc1ccc(Cl)cn1)CC1Cc2ccccc2CN1. The number of hydrogen-bond donors (Lipinski definition) is 2. The lowest BCUT2D eigenvalue weighted by atomic mass is 9.95. The summed E-state index contributed by atoms with van der Waals surface area (Å²) in [5, 5.41) is 4.37. The van der Waals surface area contributed by atoms with E-state index in [1.165, 1.54) is 11.1 Å². The van der Waals surface area contributed by atoms with E-state index in [2.05, 4.69) is 39.5 Å². The monoisotopic (exact) mass is 358 g/mol. The number of pyridine rings is 1. The zero-order valence-corrected chi connectivity index (χ0v) is 15.4. The highest BCUT2D eigenvalue weighted by Gasteiger charge is 2.20. The molecule has 1 aliphatic rings. The van der Waals surface area contributed by atoms with Crippen LogP contribution in [0.5, 0.6) is 0 Å². The number of fused-ring (bicyclic) bond motifs is 1. The molecule has 0 saturated carbocycles. The number of nitrogens with two attached hydrogens (primary N) is 1. The van der Waals surface area contributed by atoms with Crippen LogP contribution in [0, 0.1) is 0 Å². The van der Waals surface area contributed by atoms with Crippen molar-refractivity contribution >= 4 is 11.6 Å². The lowest BCUT2D eigenvalue weighted by molar-refractivity contribution is 0.222. The van der Waals surface area contributed by atoms with Crippen LogP contribution < -0.4 is 11.1 Å². The van der Waals surface area contributed by atoms with E-state index in [1.54, 1.807) is 6.20 Å². The van der Waals surface area contributed by atoms with Crippen molar-refractivity contribution in [1.29, 1.82) is 0 Å². The highest BCUT2D eigenvalue weighted by atomic mass is 35.5. The number of nitrogens with zero attached hydrogens (tertiary/aromatic N) is 2. The smallest absolute Gasteiger partial charge is 0.0589 e. The maximum atomic E-state index is 5.95. The topological polar surface area (TPSA) is 54.2 Å². The van der Waals surface area contributed by atoms with Crippen LogP contribution in [0.3, 0.4) is 0 Å². The van der Waals surface area contributed by atoms with Crippen molar-refractivity contribution in [2.75, 3.05) is 19.6 Å². The van der Waals surface area contributed by atoms with Gasteiger partial charge in [0.1, 0.15) is 0 Å². The van der Waals surface area contributed by atoms with Crippen molar-refractivity contribution in [3.05, 3.63) is 64.4 Å². The summed E-state index contributed by atoms with van der Waals surface area (Å²) in [6.07, 6.45) is 4.99. The van der Waals surface area contributed by atoms with Gasteiger partial charge in [-0.15, -0.1) is 0 Å². The zero-order chi connectivity index (χ0) is 17.5. The van der Waals surface area contributed by atoms with Crippen LogP contribution in [0.1, 0.15) is 29.7 Å². The molecule has 134 valence electrons. The summed E-state index contributed by atoms with van der Waals surface area (Å²) in [6, 6.07) is 13.1. The van der Waals surface area contributed by atoms with E-state index in [1.807, 2.05) is 12.1 Å². The summed E-state index contributed by atoms with van der Waals surface area (Å²) in [4.78, 5) is 6.94. The molecule has 1 aromatic heterocycles. The second-order valence-electron chi connectivity index (χ2n) is 6.75. The van der Waals surface area contributed by atoms with E-state index in [-0.39, 0.29) is 0 Å². The van der Waals surface area contributed by atoms with Crippen LogP contribution in [-0.4, -0.2) is 35.6 Å². The van der Waals surface area contributed by atoms with E-state index in [9.17, 15) is 0 Å². The zero-order valence-electron chi connectivity index (χ0n) is 14.6. The van der Waals surface area contributed by atoms with Gasteiger partial charge in [-0.2, -0.15) is 0 Å². The van der Waals surface area contributed by atoms with Crippen molar-refractivity contribution < 1.29 is 0 Å². The van der Waals surface area contributed by atoms with Crippen molar-refractivity contribution in [3.63, 3.8) is 0 Å². The molecule has 0 spiro atoms. The number of hydrogen-bond acceptors (Lipinski definition) is 4. The minimum Gasteiger partial charge on any atom is -0.330 e. The first-order valence-corrected chi connectivity index (χ1v) is 9.45. The molecular weight excluding hydrogens is 332 g/mol. The van der Waals surface area contributed by atoms with Crippen LogP contribution >= 0.6 is 11.6 Å². The van der Waals surface area contributed by atoms with Gasteiger partial charge in [-0.1, -0.05) is 35.9 Å². The minimum atomic E-state index is 0.472. The van der Waals surface area contributed by atoms with Gasteiger partial charge in [0.25, 0.3) is 0 Å². The van der Waals surface area contributed by atoms with Crippen molar-refractivity contribution in [1.82, 2.24) is 15.2 Å². The molecule has 3 N–H and O–H groups in total. The normalized spacial score (nSPS) is 16.8. The Balaban J connectivity index is 1.62. The molecule has 1 unspecified atom stereocenters. The Kier molecular flexibility index (Phi) is 6.82. The van der Waals surface area contributed by atoms with Crippen LogP contribution in [-0.2, 0) is 19.5 Å². The van der Waals surface area contributed by atoms with Gasteiger partial charge in [0.15, 0.2) is 0 Å². The van der Waals surface area contributed by atoms with Gasteiger partial charge in [0.05, 0.1) is 10.7 Å². The third-order valence-electron chi connectivity index (χ3n) is 4.75. The summed E-state index contributed by atoms with van der Waals surface area (Å²) in [5.41, 5.74) is 9.62. The fraction of sp³-hybridized carbons (Fsp3) is 0.450. The molecule has 1 aliphatic heterocycles. The summed E-state index contributed by atoms with van der Waals surface area (Å²) < 4.78 is 0. The van der Waals surface area contributed by atoms with Gasteiger partial charge in [-0.3, -0.25) is 9.88 Å². The molecule has 1 aromatic carbocycles. The average Bonchev–Trinajstić information content (AvgIpc) is 2.63.